The van der Waals surface area contributed by atoms with Crippen LogP contribution in [0.3, 0.4) is 0 Å². The molecule has 2 heterocycles. The number of hydrogen-bond donors (Lipinski definition) is 0. The standard InChI is InChI=1S/C20H19ClN2O/c1-22-12-5-4-11-18(22)19-16-9-2-3-10-17(16)23(20(19)24)15-8-6-7-14(21)13-15/h2-3,6-10,13H,4-5,11-12H2,1H3/b19-18+. The SMILES string of the molecule is CN1CCCC/C1=C1\C(=O)N(c2cccc(Cl)c2)c2ccccc21. The molecule has 0 radical (unpaired) electrons. The first-order valence-corrected chi connectivity index (χ1v) is 8.68. The van der Waals surface area contributed by atoms with E-state index in [1.54, 1.807) is 4.90 Å². The molecule has 24 heavy (non-hydrogen) atoms. The zero-order chi connectivity index (χ0) is 16.7. The van der Waals surface area contributed by atoms with Crippen molar-refractivity contribution in [2.75, 3.05) is 18.5 Å². The second-order valence-electron chi connectivity index (χ2n) is 6.34. The molecular formula is C20H19ClN2O. The van der Waals surface area contributed by atoms with Crippen molar-refractivity contribution in [1.29, 1.82) is 0 Å². The highest BCUT2D eigenvalue weighted by Gasteiger charge is 2.36. The predicted octanol–water partition coefficient (Wildman–Crippen LogP) is 4.85. The summed E-state index contributed by atoms with van der Waals surface area (Å²) in [6, 6.07) is 15.5. The summed E-state index contributed by atoms with van der Waals surface area (Å²) in [7, 11) is 2.08. The average Bonchev–Trinajstić information content (AvgIpc) is 2.87. The van der Waals surface area contributed by atoms with Gasteiger partial charge in [0, 0.05) is 29.9 Å². The first-order valence-electron chi connectivity index (χ1n) is 8.30. The first-order chi connectivity index (χ1) is 11.7. The molecule has 0 bridgehead atoms. The molecule has 3 nitrogen and oxygen atoms in total. The van der Waals surface area contributed by atoms with Gasteiger partial charge in [0.15, 0.2) is 0 Å². The van der Waals surface area contributed by atoms with Gasteiger partial charge >= 0.3 is 0 Å². The van der Waals surface area contributed by atoms with Gasteiger partial charge in [-0.1, -0.05) is 35.9 Å². The number of anilines is 2. The lowest BCUT2D eigenvalue weighted by Gasteiger charge is -2.29. The van der Waals surface area contributed by atoms with Crippen LogP contribution in [0, 0.1) is 0 Å². The highest BCUT2D eigenvalue weighted by molar-refractivity contribution is 6.36. The second-order valence-corrected chi connectivity index (χ2v) is 6.77. The smallest absolute Gasteiger partial charge is 0.265 e. The van der Waals surface area contributed by atoms with E-state index in [0.717, 1.165) is 47.6 Å². The third-order valence-electron chi connectivity index (χ3n) is 4.80. The third kappa shape index (κ3) is 2.40. The van der Waals surface area contributed by atoms with Crippen molar-refractivity contribution in [3.8, 4) is 0 Å². The number of halogens is 1. The lowest BCUT2D eigenvalue weighted by Crippen LogP contribution is -2.27. The van der Waals surface area contributed by atoms with E-state index in [-0.39, 0.29) is 5.91 Å². The number of fused-ring (bicyclic) bond motifs is 1. The highest BCUT2D eigenvalue weighted by Crippen LogP contribution is 2.44. The van der Waals surface area contributed by atoms with E-state index >= 15 is 0 Å². The van der Waals surface area contributed by atoms with Crippen molar-refractivity contribution in [2.45, 2.75) is 19.3 Å². The summed E-state index contributed by atoms with van der Waals surface area (Å²) in [6.45, 7) is 1.01. The first kappa shape index (κ1) is 15.3. The molecule has 2 aliphatic rings. The molecule has 0 aliphatic carbocycles. The minimum atomic E-state index is 0.0437. The summed E-state index contributed by atoms with van der Waals surface area (Å²) in [6.07, 6.45) is 3.27. The largest absolute Gasteiger partial charge is 0.377 e. The van der Waals surface area contributed by atoms with Gasteiger partial charge in [-0.05, 0) is 43.5 Å². The van der Waals surface area contributed by atoms with E-state index in [4.69, 9.17) is 11.6 Å². The van der Waals surface area contributed by atoms with Crippen LogP contribution in [0.5, 0.6) is 0 Å². The maximum atomic E-state index is 13.3. The van der Waals surface area contributed by atoms with Gasteiger partial charge in [0.25, 0.3) is 5.91 Å². The number of carbonyl (C=O) groups excluding carboxylic acids is 1. The van der Waals surface area contributed by atoms with Crippen molar-refractivity contribution in [3.63, 3.8) is 0 Å². The fraction of sp³-hybridized carbons (Fsp3) is 0.250. The minimum absolute atomic E-state index is 0.0437. The molecule has 4 rings (SSSR count). The number of benzene rings is 2. The average molecular weight is 339 g/mol. The van der Waals surface area contributed by atoms with Crippen LogP contribution in [0.4, 0.5) is 11.4 Å². The molecule has 2 aromatic rings. The van der Waals surface area contributed by atoms with Gasteiger partial charge < -0.3 is 4.90 Å². The molecule has 0 aromatic heterocycles. The minimum Gasteiger partial charge on any atom is -0.377 e. The van der Waals surface area contributed by atoms with Crippen molar-refractivity contribution in [2.24, 2.45) is 0 Å². The number of rotatable bonds is 1. The lowest BCUT2D eigenvalue weighted by molar-refractivity contribution is -0.112. The van der Waals surface area contributed by atoms with Gasteiger partial charge in [0.1, 0.15) is 0 Å². The molecule has 2 aromatic carbocycles. The summed E-state index contributed by atoms with van der Waals surface area (Å²) in [5, 5.41) is 0.633. The summed E-state index contributed by atoms with van der Waals surface area (Å²) in [5.41, 5.74) is 4.77. The van der Waals surface area contributed by atoms with Crippen LogP contribution >= 0.6 is 11.6 Å². The van der Waals surface area contributed by atoms with E-state index in [1.165, 1.54) is 6.42 Å². The number of piperidine rings is 1. The molecule has 2 aliphatic heterocycles. The molecule has 122 valence electrons. The van der Waals surface area contributed by atoms with Crippen LogP contribution < -0.4 is 4.90 Å². The lowest BCUT2D eigenvalue weighted by atomic mass is 9.98. The summed E-state index contributed by atoms with van der Waals surface area (Å²) in [5.74, 6) is 0.0437. The van der Waals surface area contributed by atoms with Crippen LogP contribution in [0.2, 0.25) is 5.02 Å². The number of carbonyl (C=O) groups is 1. The Kier molecular flexibility index (Phi) is 3.81. The quantitative estimate of drug-likeness (QED) is 0.694. The number of nitrogens with zero attached hydrogens (tertiary/aromatic N) is 2. The third-order valence-corrected chi connectivity index (χ3v) is 5.04. The Morgan fingerprint density at radius 1 is 1.04 bits per heavy atom. The van der Waals surface area contributed by atoms with Crippen LogP contribution in [0.25, 0.3) is 5.57 Å². The monoisotopic (exact) mass is 338 g/mol. The summed E-state index contributed by atoms with van der Waals surface area (Å²) >= 11 is 6.15. The van der Waals surface area contributed by atoms with E-state index in [9.17, 15) is 4.79 Å². The van der Waals surface area contributed by atoms with Crippen LogP contribution in [0.15, 0.2) is 54.2 Å². The number of amides is 1. The van der Waals surface area contributed by atoms with E-state index in [0.29, 0.717) is 5.02 Å². The van der Waals surface area contributed by atoms with E-state index in [1.807, 2.05) is 48.5 Å². The van der Waals surface area contributed by atoms with Gasteiger partial charge in [-0.25, -0.2) is 0 Å². The topological polar surface area (TPSA) is 23.6 Å². The van der Waals surface area contributed by atoms with Gasteiger partial charge in [0.05, 0.1) is 16.9 Å². The highest BCUT2D eigenvalue weighted by atomic mass is 35.5. The normalized spacial score (nSPS) is 20.5. The molecule has 4 heteroatoms. The van der Waals surface area contributed by atoms with Crippen molar-refractivity contribution < 1.29 is 4.79 Å². The number of hydrogen-bond acceptors (Lipinski definition) is 2. The van der Waals surface area contributed by atoms with Crippen molar-refractivity contribution in [3.05, 3.63) is 64.8 Å². The summed E-state index contributed by atoms with van der Waals surface area (Å²) in [4.78, 5) is 17.3. The van der Waals surface area contributed by atoms with Crippen molar-refractivity contribution in [1.82, 2.24) is 4.90 Å². The van der Waals surface area contributed by atoms with E-state index in [2.05, 4.69) is 11.9 Å². The molecule has 1 fully saturated rings. The maximum Gasteiger partial charge on any atom is 0.265 e. The maximum absolute atomic E-state index is 13.3. The molecule has 0 saturated carbocycles. The molecule has 0 atom stereocenters. The Balaban J connectivity index is 1.90. The van der Waals surface area contributed by atoms with Crippen molar-refractivity contribution >= 4 is 34.5 Å². The van der Waals surface area contributed by atoms with Crippen LogP contribution in [-0.2, 0) is 4.79 Å². The molecule has 0 unspecified atom stereocenters. The number of allylic oxidation sites excluding steroid dienone is 1. The number of likely N-dealkylation sites (tertiary alicyclic amines) is 1. The fourth-order valence-electron chi connectivity index (χ4n) is 3.65. The zero-order valence-electron chi connectivity index (χ0n) is 13.6. The Morgan fingerprint density at radius 3 is 2.67 bits per heavy atom. The van der Waals surface area contributed by atoms with Gasteiger partial charge in [-0.3, -0.25) is 9.69 Å². The Labute approximate surface area is 147 Å². The number of para-hydroxylation sites is 1. The van der Waals surface area contributed by atoms with E-state index < -0.39 is 0 Å². The van der Waals surface area contributed by atoms with Gasteiger partial charge in [-0.15, -0.1) is 0 Å². The molecule has 1 saturated heterocycles. The molecule has 0 N–H and O–H groups in total. The fourth-order valence-corrected chi connectivity index (χ4v) is 3.83. The predicted molar refractivity (Wildman–Crippen MR) is 98.4 cm³/mol. The van der Waals surface area contributed by atoms with Crippen LogP contribution in [-0.4, -0.2) is 24.4 Å². The Bertz CT molecular complexity index is 843. The Hall–Kier alpha value is -2.26. The molecule has 0 spiro atoms. The Morgan fingerprint density at radius 2 is 1.88 bits per heavy atom. The molecule has 1 amide bonds. The van der Waals surface area contributed by atoms with Gasteiger partial charge in [0.2, 0.25) is 0 Å². The summed E-state index contributed by atoms with van der Waals surface area (Å²) < 4.78 is 0. The zero-order valence-corrected chi connectivity index (χ0v) is 14.4. The second kappa shape index (κ2) is 5.99. The molecular weight excluding hydrogens is 320 g/mol. The van der Waals surface area contributed by atoms with Gasteiger partial charge in [-0.2, -0.15) is 0 Å². The van der Waals surface area contributed by atoms with Crippen LogP contribution in [0.1, 0.15) is 24.8 Å².